The monoisotopic (exact) mass is 212 g/mol. The van der Waals surface area contributed by atoms with Crippen molar-refractivity contribution in [2.24, 2.45) is 11.8 Å². The number of hydrogen-bond acceptors (Lipinski definition) is 3. The van der Waals surface area contributed by atoms with Gasteiger partial charge in [0.05, 0.1) is 0 Å². The molecule has 0 bridgehead atoms. The molecular weight excluding hydrogens is 188 g/mol. The van der Waals surface area contributed by atoms with Gasteiger partial charge in [-0.15, -0.1) is 0 Å². The van der Waals surface area contributed by atoms with Crippen LogP contribution in [0.5, 0.6) is 0 Å². The molecule has 2 saturated heterocycles. The lowest BCUT2D eigenvalue weighted by Crippen LogP contribution is -2.26. The average molecular weight is 212 g/mol. The van der Waals surface area contributed by atoms with Gasteiger partial charge in [-0.25, -0.2) is 0 Å². The summed E-state index contributed by atoms with van der Waals surface area (Å²) in [5.41, 5.74) is 0. The van der Waals surface area contributed by atoms with E-state index in [-0.39, 0.29) is 0 Å². The zero-order chi connectivity index (χ0) is 10.5. The second-order valence-corrected chi connectivity index (χ2v) is 5.08. The van der Waals surface area contributed by atoms with Crippen molar-refractivity contribution in [3.05, 3.63) is 0 Å². The molecule has 0 aromatic heterocycles. The molecule has 0 aromatic rings. The minimum absolute atomic E-state index is 0.361. The largest absolute Gasteiger partial charge is 0.396 e. The highest BCUT2D eigenvalue weighted by Crippen LogP contribution is 2.26. The SMILES string of the molecule is OCCCCCCN1C[C@H]2CNC[C@H]2C1. The summed E-state index contributed by atoms with van der Waals surface area (Å²) in [6.45, 7) is 6.75. The van der Waals surface area contributed by atoms with Gasteiger partial charge in [0.1, 0.15) is 0 Å². The summed E-state index contributed by atoms with van der Waals surface area (Å²) in [7, 11) is 0. The van der Waals surface area contributed by atoms with Crippen LogP contribution < -0.4 is 5.32 Å². The number of aliphatic hydroxyl groups is 1. The number of nitrogens with zero attached hydrogens (tertiary/aromatic N) is 1. The van der Waals surface area contributed by atoms with Crippen LogP contribution in [-0.2, 0) is 0 Å². The van der Waals surface area contributed by atoms with Crippen LogP contribution in [-0.4, -0.2) is 49.3 Å². The third-order valence-electron chi connectivity index (χ3n) is 3.85. The normalized spacial score (nSPS) is 31.0. The maximum atomic E-state index is 8.67. The highest BCUT2D eigenvalue weighted by Gasteiger charge is 2.35. The third-order valence-corrected chi connectivity index (χ3v) is 3.85. The van der Waals surface area contributed by atoms with Crippen molar-refractivity contribution in [2.75, 3.05) is 39.3 Å². The van der Waals surface area contributed by atoms with E-state index in [0.29, 0.717) is 6.61 Å². The molecule has 0 aromatic carbocycles. The van der Waals surface area contributed by atoms with Crippen LogP contribution in [0.25, 0.3) is 0 Å². The van der Waals surface area contributed by atoms with Gasteiger partial charge in [0.2, 0.25) is 0 Å². The summed E-state index contributed by atoms with van der Waals surface area (Å²) in [5.74, 6) is 1.87. The summed E-state index contributed by atoms with van der Waals surface area (Å²) in [6, 6.07) is 0. The average Bonchev–Trinajstić information content (AvgIpc) is 2.77. The van der Waals surface area contributed by atoms with Crippen LogP contribution in [0.3, 0.4) is 0 Å². The first-order chi connectivity index (χ1) is 7.40. The van der Waals surface area contributed by atoms with E-state index in [4.69, 9.17) is 5.11 Å². The fraction of sp³-hybridized carbons (Fsp3) is 1.00. The van der Waals surface area contributed by atoms with E-state index < -0.39 is 0 Å². The number of aliphatic hydroxyl groups excluding tert-OH is 1. The smallest absolute Gasteiger partial charge is 0.0431 e. The predicted molar refractivity (Wildman–Crippen MR) is 61.8 cm³/mol. The second kappa shape index (κ2) is 5.83. The number of fused-ring (bicyclic) bond motifs is 1. The molecule has 3 nitrogen and oxygen atoms in total. The van der Waals surface area contributed by atoms with Crippen LogP contribution in [0.2, 0.25) is 0 Å². The highest BCUT2D eigenvalue weighted by molar-refractivity contribution is 4.90. The van der Waals surface area contributed by atoms with Gasteiger partial charge in [0.15, 0.2) is 0 Å². The number of hydrogen-bond donors (Lipinski definition) is 2. The van der Waals surface area contributed by atoms with Gasteiger partial charge in [-0.2, -0.15) is 0 Å². The van der Waals surface area contributed by atoms with Crippen LogP contribution in [0.4, 0.5) is 0 Å². The molecule has 0 aliphatic carbocycles. The van der Waals surface area contributed by atoms with E-state index >= 15 is 0 Å². The maximum absolute atomic E-state index is 8.67. The predicted octanol–water partition coefficient (Wildman–Crippen LogP) is 0.690. The fourth-order valence-electron chi connectivity index (χ4n) is 2.94. The molecule has 0 radical (unpaired) electrons. The molecule has 2 aliphatic rings. The Morgan fingerprint density at radius 3 is 2.33 bits per heavy atom. The van der Waals surface area contributed by atoms with E-state index in [1.54, 1.807) is 0 Å². The standard InChI is InChI=1S/C12H24N2O/c15-6-4-2-1-3-5-14-9-11-7-13-8-12(11)10-14/h11-13,15H,1-10H2/t11-,12+. The van der Waals surface area contributed by atoms with Gasteiger partial charge in [-0.1, -0.05) is 12.8 Å². The van der Waals surface area contributed by atoms with E-state index in [1.165, 1.54) is 52.0 Å². The molecule has 88 valence electrons. The van der Waals surface area contributed by atoms with Crippen LogP contribution in [0.15, 0.2) is 0 Å². The Hall–Kier alpha value is -0.120. The van der Waals surface area contributed by atoms with Crippen molar-refractivity contribution in [3.63, 3.8) is 0 Å². The van der Waals surface area contributed by atoms with Gasteiger partial charge >= 0.3 is 0 Å². The van der Waals surface area contributed by atoms with Crippen molar-refractivity contribution in [1.29, 1.82) is 0 Å². The number of nitrogens with one attached hydrogen (secondary N) is 1. The van der Waals surface area contributed by atoms with Crippen molar-refractivity contribution in [1.82, 2.24) is 10.2 Å². The molecule has 2 fully saturated rings. The van der Waals surface area contributed by atoms with Gasteiger partial charge in [0, 0.05) is 19.7 Å². The molecule has 0 spiro atoms. The molecule has 0 saturated carbocycles. The van der Waals surface area contributed by atoms with Crippen molar-refractivity contribution in [2.45, 2.75) is 25.7 Å². The topological polar surface area (TPSA) is 35.5 Å². The van der Waals surface area contributed by atoms with E-state index in [2.05, 4.69) is 10.2 Å². The molecule has 2 aliphatic heterocycles. The van der Waals surface area contributed by atoms with Crippen molar-refractivity contribution < 1.29 is 5.11 Å². The lowest BCUT2D eigenvalue weighted by atomic mass is 10.0. The molecule has 2 rings (SSSR count). The Labute approximate surface area is 92.8 Å². The fourth-order valence-corrected chi connectivity index (χ4v) is 2.94. The van der Waals surface area contributed by atoms with Crippen molar-refractivity contribution in [3.8, 4) is 0 Å². The van der Waals surface area contributed by atoms with Crippen molar-refractivity contribution >= 4 is 0 Å². The van der Waals surface area contributed by atoms with E-state index in [9.17, 15) is 0 Å². The minimum Gasteiger partial charge on any atom is -0.396 e. The highest BCUT2D eigenvalue weighted by atomic mass is 16.2. The zero-order valence-electron chi connectivity index (χ0n) is 9.62. The van der Waals surface area contributed by atoms with Gasteiger partial charge in [-0.05, 0) is 44.3 Å². The first kappa shape index (κ1) is 11.4. The maximum Gasteiger partial charge on any atom is 0.0431 e. The van der Waals surface area contributed by atoms with Crippen LogP contribution in [0.1, 0.15) is 25.7 Å². The molecule has 2 atom stereocenters. The molecule has 15 heavy (non-hydrogen) atoms. The minimum atomic E-state index is 0.361. The summed E-state index contributed by atoms with van der Waals surface area (Å²) in [5, 5.41) is 12.1. The third kappa shape index (κ3) is 3.16. The number of rotatable bonds is 6. The van der Waals surface area contributed by atoms with E-state index in [1.807, 2.05) is 0 Å². The van der Waals surface area contributed by atoms with Gasteiger partial charge in [-0.3, -0.25) is 0 Å². The zero-order valence-corrected chi connectivity index (χ0v) is 9.62. The summed E-state index contributed by atoms with van der Waals surface area (Å²) in [4.78, 5) is 2.63. The summed E-state index contributed by atoms with van der Waals surface area (Å²) >= 11 is 0. The molecule has 3 heteroatoms. The molecule has 2 heterocycles. The Balaban J connectivity index is 1.53. The summed E-state index contributed by atoms with van der Waals surface area (Å²) in [6.07, 6.45) is 4.77. The Morgan fingerprint density at radius 1 is 1.00 bits per heavy atom. The molecular formula is C12H24N2O. The molecule has 2 N–H and O–H groups in total. The Morgan fingerprint density at radius 2 is 1.67 bits per heavy atom. The quantitative estimate of drug-likeness (QED) is 0.636. The Kier molecular flexibility index (Phi) is 4.42. The molecule has 0 amide bonds. The number of unbranched alkanes of at least 4 members (excludes halogenated alkanes) is 3. The lowest BCUT2D eigenvalue weighted by molar-refractivity contribution is 0.275. The molecule has 0 unspecified atom stereocenters. The summed E-state index contributed by atoms with van der Waals surface area (Å²) < 4.78 is 0. The first-order valence-electron chi connectivity index (χ1n) is 6.44. The van der Waals surface area contributed by atoms with Gasteiger partial charge in [0.25, 0.3) is 0 Å². The van der Waals surface area contributed by atoms with E-state index in [0.717, 1.165) is 18.3 Å². The Bertz CT molecular complexity index is 174. The van der Waals surface area contributed by atoms with Gasteiger partial charge < -0.3 is 15.3 Å². The van der Waals surface area contributed by atoms with Crippen LogP contribution >= 0.6 is 0 Å². The first-order valence-corrected chi connectivity index (χ1v) is 6.44. The van der Waals surface area contributed by atoms with Crippen LogP contribution in [0, 0.1) is 11.8 Å². The second-order valence-electron chi connectivity index (χ2n) is 5.08. The number of likely N-dealkylation sites (tertiary alicyclic amines) is 1. The lowest BCUT2D eigenvalue weighted by Gasteiger charge is -2.16.